The van der Waals surface area contributed by atoms with Crippen LogP contribution in [0.3, 0.4) is 0 Å². The molecule has 15 heavy (non-hydrogen) atoms. The number of ether oxygens (including phenoxy) is 1. The van der Waals surface area contributed by atoms with Gasteiger partial charge in [-0.15, -0.1) is 0 Å². The molecule has 1 unspecified atom stereocenters. The van der Waals surface area contributed by atoms with Crippen molar-refractivity contribution < 1.29 is 22.5 Å². The molecule has 1 aromatic rings. The SMILES string of the molecule is COc1cccc(C(C=O)S(=O)(=O)O)c1. The fraction of sp³-hybridized carbons (Fsp3) is 0.222. The van der Waals surface area contributed by atoms with Crippen LogP contribution in [0.5, 0.6) is 5.75 Å². The van der Waals surface area contributed by atoms with Crippen molar-refractivity contribution in [2.45, 2.75) is 5.25 Å². The lowest BCUT2D eigenvalue weighted by Gasteiger charge is -2.08. The Bertz CT molecular complexity index is 451. The second-order valence-corrected chi connectivity index (χ2v) is 4.39. The third kappa shape index (κ3) is 2.77. The summed E-state index contributed by atoms with van der Waals surface area (Å²) in [6, 6.07) is 5.95. The van der Waals surface area contributed by atoms with Gasteiger partial charge in [-0.05, 0) is 17.7 Å². The Morgan fingerprint density at radius 3 is 2.60 bits per heavy atom. The van der Waals surface area contributed by atoms with E-state index in [1.807, 2.05) is 0 Å². The summed E-state index contributed by atoms with van der Waals surface area (Å²) in [7, 11) is -3.00. The van der Waals surface area contributed by atoms with E-state index in [4.69, 9.17) is 9.29 Å². The second-order valence-electron chi connectivity index (χ2n) is 2.85. The predicted octanol–water partition coefficient (Wildman–Crippen LogP) is 0.823. The molecule has 0 heterocycles. The van der Waals surface area contributed by atoms with Crippen LogP contribution in [-0.2, 0) is 14.9 Å². The monoisotopic (exact) mass is 230 g/mol. The van der Waals surface area contributed by atoms with Gasteiger partial charge in [-0.1, -0.05) is 12.1 Å². The highest BCUT2D eigenvalue weighted by molar-refractivity contribution is 7.86. The molecule has 5 nitrogen and oxygen atoms in total. The molecule has 0 aromatic heterocycles. The van der Waals surface area contributed by atoms with Crippen LogP contribution in [-0.4, -0.2) is 26.4 Å². The first kappa shape index (κ1) is 11.7. The van der Waals surface area contributed by atoms with Crippen molar-refractivity contribution in [3.63, 3.8) is 0 Å². The van der Waals surface area contributed by atoms with Crippen LogP contribution in [0.15, 0.2) is 24.3 Å². The first-order valence-electron chi connectivity index (χ1n) is 4.04. The fourth-order valence-electron chi connectivity index (χ4n) is 1.14. The lowest BCUT2D eigenvalue weighted by molar-refractivity contribution is -0.107. The second kappa shape index (κ2) is 4.41. The third-order valence-electron chi connectivity index (χ3n) is 1.87. The van der Waals surface area contributed by atoms with Gasteiger partial charge < -0.3 is 9.53 Å². The highest BCUT2D eigenvalue weighted by atomic mass is 32.2. The predicted molar refractivity (Wildman–Crippen MR) is 53.3 cm³/mol. The summed E-state index contributed by atoms with van der Waals surface area (Å²) in [5.74, 6) is 0.419. The Hall–Kier alpha value is -1.40. The van der Waals surface area contributed by atoms with Crippen molar-refractivity contribution >= 4 is 16.4 Å². The van der Waals surface area contributed by atoms with Crippen LogP contribution >= 0.6 is 0 Å². The van der Waals surface area contributed by atoms with Crippen LogP contribution in [0, 0.1) is 0 Å². The number of hydrogen-bond acceptors (Lipinski definition) is 4. The zero-order valence-corrected chi connectivity index (χ0v) is 8.77. The van der Waals surface area contributed by atoms with E-state index in [1.54, 1.807) is 6.07 Å². The summed E-state index contributed by atoms with van der Waals surface area (Å²) in [4.78, 5) is 10.6. The van der Waals surface area contributed by atoms with Crippen LogP contribution in [0.2, 0.25) is 0 Å². The zero-order valence-electron chi connectivity index (χ0n) is 7.95. The van der Waals surface area contributed by atoms with Crippen molar-refractivity contribution in [1.29, 1.82) is 0 Å². The Morgan fingerprint density at radius 2 is 2.13 bits per heavy atom. The standard InChI is InChI=1S/C9H10O5S/c1-14-8-4-2-3-7(5-8)9(6-10)15(11,12)13/h2-6,9H,1H3,(H,11,12,13). The lowest BCUT2D eigenvalue weighted by Crippen LogP contribution is -2.13. The number of benzene rings is 1. The Balaban J connectivity index is 3.19. The summed E-state index contributed by atoms with van der Waals surface area (Å²) in [5, 5.41) is -1.56. The summed E-state index contributed by atoms with van der Waals surface area (Å²) in [6.45, 7) is 0. The molecule has 0 aliphatic carbocycles. The number of aldehydes is 1. The molecular formula is C9H10O5S. The molecule has 0 fully saturated rings. The van der Waals surface area contributed by atoms with Gasteiger partial charge in [0.2, 0.25) is 0 Å². The molecule has 0 radical (unpaired) electrons. The van der Waals surface area contributed by atoms with Gasteiger partial charge in [0.15, 0.2) is 5.25 Å². The Labute approximate surface area is 87.4 Å². The van der Waals surface area contributed by atoms with Crippen LogP contribution in [0.25, 0.3) is 0 Å². The maximum Gasteiger partial charge on any atom is 0.278 e. The van der Waals surface area contributed by atoms with Gasteiger partial charge in [0, 0.05) is 0 Å². The highest BCUT2D eigenvalue weighted by Gasteiger charge is 2.24. The van der Waals surface area contributed by atoms with Crippen molar-refractivity contribution in [2.75, 3.05) is 7.11 Å². The topological polar surface area (TPSA) is 80.7 Å². The van der Waals surface area contributed by atoms with E-state index in [1.165, 1.54) is 25.3 Å². The fourth-order valence-corrected chi connectivity index (χ4v) is 1.77. The van der Waals surface area contributed by atoms with Crippen LogP contribution in [0.4, 0.5) is 0 Å². The van der Waals surface area contributed by atoms with Gasteiger partial charge in [0.1, 0.15) is 12.0 Å². The number of rotatable bonds is 4. The van der Waals surface area contributed by atoms with Crippen LogP contribution in [0.1, 0.15) is 10.8 Å². The molecule has 0 amide bonds. The van der Waals surface area contributed by atoms with Crippen molar-refractivity contribution in [3.8, 4) is 5.75 Å². The number of carbonyl (C=O) groups excluding carboxylic acids is 1. The van der Waals surface area contributed by atoms with E-state index in [0.29, 0.717) is 5.75 Å². The van der Waals surface area contributed by atoms with Crippen LogP contribution < -0.4 is 4.74 Å². The molecule has 0 saturated heterocycles. The van der Waals surface area contributed by atoms with Gasteiger partial charge in [-0.25, -0.2) is 0 Å². The first-order chi connectivity index (χ1) is 6.99. The zero-order chi connectivity index (χ0) is 11.5. The summed E-state index contributed by atoms with van der Waals surface area (Å²) < 4.78 is 35.4. The molecule has 0 aliphatic heterocycles. The minimum atomic E-state index is -4.42. The molecule has 0 aliphatic rings. The largest absolute Gasteiger partial charge is 0.497 e. The minimum absolute atomic E-state index is 0.171. The molecule has 1 atom stereocenters. The van der Waals surface area contributed by atoms with E-state index >= 15 is 0 Å². The molecule has 1 aromatic carbocycles. The summed E-state index contributed by atoms with van der Waals surface area (Å²) in [5.41, 5.74) is 0.173. The average molecular weight is 230 g/mol. The van der Waals surface area contributed by atoms with Crippen molar-refractivity contribution in [3.05, 3.63) is 29.8 Å². The Morgan fingerprint density at radius 1 is 1.47 bits per heavy atom. The van der Waals surface area contributed by atoms with Gasteiger partial charge in [0.05, 0.1) is 7.11 Å². The van der Waals surface area contributed by atoms with E-state index in [9.17, 15) is 13.2 Å². The molecule has 0 spiro atoms. The lowest BCUT2D eigenvalue weighted by atomic mass is 10.1. The maximum absolute atomic E-state index is 10.8. The van der Waals surface area contributed by atoms with Gasteiger partial charge >= 0.3 is 0 Å². The van der Waals surface area contributed by atoms with Gasteiger partial charge in [-0.3, -0.25) is 4.55 Å². The van der Waals surface area contributed by atoms with E-state index in [0.717, 1.165) is 0 Å². The molecule has 1 rings (SSSR count). The Kier molecular flexibility index (Phi) is 3.43. The molecule has 6 heteroatoms. The molecule has 1 N–H and O–H groups in total. The first-order valence-corrected chi connectivity index (χ1v) is 5.55. The van der Waals surface area contributed by atoms with E-state index in [-0.39, 0.29) is 11.8 Å². The number of hydrogen-bond donors (Lipinski definition) is 1. The smallest absolute Gasteiger partial charge is 0.278 e. The summed E-state index contributed by atoms with van der Waals surface area (Å²) >= 11 is 0. The van der Waals surface area contributed by atoms with Gasteiger partial charge in [0.25, 0.3) is 10.1 Å². The molecule has 82 valence electrons. The van der Waals surface area contributed by atoms with Crippen molar-refractivity contribution in [1.82, 2.24) is 0 Å². The molecule has 0 bridgehead atoms. The van der Waals surface area contributed by atoms with Gasteiger partial charge in [-0.2, -0.15) is 8.42 Å². The maximum atomic E-state index is 10.8. The number of carbonyl (C=O) groups is 1. The summed E-state index contributed by atoms with van der Waals surface area (Å²) in [6.07, 6.45) is 0.171. The molecule has 0 saturated carbocycles. The normalized spacial score (nSPS) is 13.2. The quantitative estimate of drug-likeness (QED) is 0.612. The molecular weight excluding hydrogens is 220 g/mol. The van der Waals surface area contributed by atoms with Crippen molar-refractivity contribution in [2.24, 2.45) is 0 Å². The minimum Gasteiger partial charge on any atom is -0.497 e. The third-order valence-corrected chi connectivity index (χ3v) is 2.89. The van der Waals surface area contributed by atoms with E-state index in [2.05, 4.69) is 0 Å². The number of methoxy groups -OCH3 is 1. The highest BCUT2D eigenvalue weighted by Crippen LogP contribution is 2.22. The van der Waals surface area contributed by atoms with E-state index < -0.39 is 15.4 Å². The average Bonchev–Trinajstić information content (AvgIpc) is 2.17.